The van der Waals surface area contributed by atoms with Gasteiger partial charge in [0.15, 0.2) is 0 Å². The van der Waals surface area contributed by atoms with Crippen molar-refractivity contribution in [3.63, 3.8) is 0 Å². The van der Waals surface area contributed by atoms with Crippen molar-refractivity contribution in [1.29, 1.82) is 0 Å². The van der Waals surface area contributed by atoms with Gasteiger partial charge >= 0.3 is 12.0 Å². The highest BCUT2D eigenvalue weighted by molar-refractivity contribution is 5.94. The first-order valence-corrected chi connectivity index (χ1v) is 9.17. The average molecular weight is 361 g/mol. The molecule has 2 N–H and O–H groups in total. The fraction of sp³-hybridized carbons (Fsp3) is 0.579. The van der Waals surface area contributed by atoms with Gasteiger partial charge in [-0.2, -0.15) is 0 Å². The number of esters is 1. The third-order valence-corrected chi connectivity index (χ3v) is 5.13. The van der Waals surface area contributed by atoms with E-state index in [2.05, 4.69) is 15.5 Å². The van der Waals surface area contributed by atoms with E-state index in [0.29, 0.717) is 24.5 Å². The molecule has 0 aliphatic carbocycles. The van der Waals surface area contributed by atoms with Gasteiger partial charge in [-0.1, -0.05) is 12.5 Å². The molecule has 2 saturated heterocycles. The predicted molar refractivity (Wildman–Crippen MR) is 98.5 cm³/mol. The second-order valence-electron chi connectivity index (χ2n) is 6.93. The van der Waals surface area contributed by atoms with Crippen LogP contribution in [-0.2, 0) is 9.47 Å². The summed E-state index contributed by atoms with van der Waals surface area (Å²) in [5.74, 6) is -0.428. The molecule has 2 fully saturated rings. The molecule has 0 bridgehead atoms. The van der Waals surface area contributed by atoms with E-state index in [1.807, 2.05) is 6.92 Å². The number of anilines is 1. The molecule has 0 spiro atoms. The average Bonchev–Trinajstić information content (AvgIpc) is 3.11. The van der Waals surface area contributed by atoms with Gasteiger partial charge in [-0.25, -0.2) is 9.59 Å². The molecular formula is C19H27N3O4. The smallest absolute Gasteiger partial charge is 0.337 e. The number of likely N-dealkylation sites (tertiary alicyclic amines) is 1. The predicted octanol–water partition coefficient (Wildman–Crippen LogP) is 2.16. The van der Waals surface area contributed by atoms with Crippen LogP contribution in [0.3, 0.4) is 0 Å². The molecule has 2 amide bonds. The molecule has 2 atom stereocenters. The summed E-state index contributed by atoms with van der Waals surface area (Å²) >= 11 is 0. The number of carbonyl (C=O) groups excluding carboxylic acids is 2. The van der Waals surface area contributed by atoms with Gasteiger partial charge in [-0.3, -0.25) is 4.90 Å². The zero-order valence-electron chi connectivity index (χ0n) is 15.4. The SMILES string of the molecule is COC(=O)c1ccc(C)c(NC(=O)N[C@H]2COC[C@@H]2N2CCCCC2)c1. The number of methoxy groups -OCH3 is 1. The number of hydrogen-bond acceptors (Lipinski definition) is 5. The highest BCUT2D eigenvalue weighted by atomic mass is 16.5. The molecule has 7 heteroatoms. The summed E-state index contributed by atoms with van der Waals surface area (Å²) in [7, 11) is 1.34. The highest BCUT2D eigenvalue weighted by Crippen LogP contribution is 2.20. The Labute approximate surface area is 154 Å². The summed E-state index contributed by atoms with van der Waals surface area (Å²) in [5.41, 5.74) is 1.88. The minimum absolute atomic E-state index is 0.0304. The van der Waals surface area contributed by atoms with Crippen LogP contribution in [0.4, 0.5) is 10.5 Å². The topological polar surface area (TPSA) is 79.9 Å². The summed E-state index contributed by atoms with van der Waals surface area (Å²) in [6.45, 7) is 5.19. The Balaban J connectivity index is 1.62. The molecule has 1 aromatic carbocycles. The van der Waals surface area contributed by atoms with Crippen molar-refractivity contribution in [2.45, 2.75) is 38.3 Å². The van der Waals surface area contributed by atoms with E-state index >= 15 is 0 Å². The Morgan fingerprint density at radius 3 is 2.69 bits per heavy atom. The summed E-state index contributed by atoms with van der Waals surface area (Å²) in [6.07, 6.45) is 3.68. The van der Waals surface area contributed by atoms with E-state index in [1.54, 1.807) is 18.2 Å². The molecule has 0 radical (unpaired) electrons. The van der Waals surface area contributed by atoms with E-state index < -0.39 is 5.97 Å². The second kappa shape index (κ2) is 8.51. The van der Waals surface area contributed by atoms with Crippen LogP contribution in [0, 0.1) is 6.92 Å². The molecule has 7 nitrogen and oxygen atoms in total. The number of carbonyl (C=O) groups is 2. The van der Waals surface area contributed by atoms with Gasteiger partial charge in [0, 0.05) is 5.69 Å². The van der Waals surface area contributed by atoms with Crippen molar-refractivity contribution in [3.05, 3.63) is 29.3 Å². The van der Waals surface area contributed by atoms with Crippen LogP contribution < -0.4 is 10.6 Å². The van der Waals surface area contributed by atoms with Crippen LogP contribution in [0.25, 0.3) is 0 Å². The fourth-order valence-electron chi connectivity index (χ4n) is 3.62. The first-order valence-electron chi connectivity index (χ1n) is 9.17. The van der Waals surface area contributed by atoms with Gasteiger partial charge in [-0.15, -0.1) is 0 Å². The summed E-state index contributed by atoms with van der Waals surface area (Å²) < 4.78 is 10.4. The fourth-order valence-corrected chi connectivity index (χ4v) is 3.62. The van der Waals surface area contributed by atoms with Crippen molar-refractivity contribution in [3.8, 4) is 0 Å². The van der Waals surface area contributed by atoms with E-state index in [0.717, 1.165) is 18.7 Å². The molecule has 0 saturated carbocycles. The van der Waals surface area contributed by atoms with Crippen LogP contribution in [0.2, 0.25) is 0 Å². The lowest BCUT2D eigenvalue weighted by molar-refractivity contribution is 0.0600. The zero-order valence-corrected chi connectivity index (χ0v) is 15.4. The largest absolute Gasteiger partial charge is 0.465 e. The molecule has 0 unspecified atom stereocenters. The number of nitrogens with zero attached hydrogens (tertiary/aromatic N) is 1. The van der Waals surface area contributed by atoms with Crippen LogP contribution in [0.1, 0.15) is 35.2 Å². The second-order valence-corrected chi connectivity index (χ2v) is 6.93. The minimum atomic E-state index is -0.428. The number of benzene rings is 1. The lowest BCUT2D eigenvalue weighted by Gasteiger charge is -2.34. The Bertz CT molecular complexity index is 658. The number of hydrogen-bond donors (Lipinski definition) is 2. The number of urea groups is 1. The van der Waals surface area contributed by atoms with Crippen LogP contribution in [0.5, 0.6) is 0 Å². The highest BCUT2D eigenvalue weighted by Gasteiger charge is 2.34. The Kier molecular flexibility index (Phi) is 6.11. The van der Waals surface area contributed by atoms with E-state index in [-0.39, 0.29) is 18.1 Å². The van der Waals surface area contributed by atoms with E-state index in [4.69, 9.17) is 9.47 Å². The molecule has 2 aliphatic heterocycles. The van der Waals surface area contributed by atoms with Gasteiger partial charge < -0.3 is 20.1 Å². The van der Waals surface area contributed by atoms with Crippen LogP contribution in [0.15, 0.2) is 18.2 Å². The maximum atomic E-state index is 12.5. The van der Waals surface area contributed by atoms with E-state index in [1.165, 1.54) is 26.4 Å². The lowest BCUT2D eigenvalue weighted by Crippen LogP contribution is -2.53. The van der Waals surface area contributed by atoms with Crippen LogP contribution >= 0.6 is 0 Å². The minimum Gasteiger partial charge on any atom is -0.465 e. The Morgan fingerprint density at radius 1 is 1.19 bits per heavy atom. The third-order valence-electron chi connectivity index (χ3n) is 5.13. The van der Waals surface area contributed by atoms with Gasteiger partial charge in [0.05, 0.1) is 38.0 Å². The quantitative estimate of drug-likeness (QED) is 0.804. The van der Waals surface area contributed by atoms with Crippen LogP contribution in [-0.4, -0.2) is 62.4 Å². The first kappa shape index (κ1) is 18.7. The molecule has 26 heavy (non-hydrogen) atoms. The summed E-state index contributed by atoms with van der Waals surface area (Å²) in [5, 5.41) is 5.88. The third kappa shape index (κ3) is 4.34. The van der Waals surface area contributed by atoms with Crippen molar-refractivity contribution in [2.24, 2.45) is 0 Å². The Morgan fingerprint density at radius 2 is 1.96 bits per heavy atom. The van der Waals surface area contributed by atoms with E-state index in [9.17, 15) is 9.59 Å². The molecule has 3 rings (SSSR count). The number of amides is 2. The van der Waals surface area contributed by atoms with Crippen molar-refractivity contribution >= 4 is 17.7 Å². The van der Waals surface area contributed by atoms with Crippen molar-refractivity contribution in [2.75, 3.05) is 38.7 Å². The maximum Gasteiger partial charge on any atom is 0.337 e. The van der Waals surface area contributed by atoms with Gasteiger partial charge in [0.2, 0.25) is 0 Å². The molecule has 0 aromatic heterocycles. The normalized spacial score (nSPS) is 23.5. The standard InChI is InChI=1S/C19H27N3O4/c1-13-6-7-14(18(23)25-2)10-15(13)20-19(24)21-16-11-26-12-17(16)22-8-4-3-5-9-22/h6-7,10,16-17H,3-5,8-9,11-12H2,1-2H3,(H2,20,21,24)/t16-,17-/m0/s1. The van der Waals surface area contributed by atoms with Gasteiger partial charge in [-0.05, 0) is 50.6 Å². The summed E-state index contributed by atoms with van der Waals surface area (Å²) in [6, 6.07) is 5.01. The number of nitrogens with one attached hydrogen (secondary N) is 2. The lowest BCUT2D eigenvalue weighted by atomic mass is 10.1. The zero-order chi connectivity index (χ0) is 18.5. The molecule has 1 aromatic rings. The van der Waals surface area contributed by atoms with Crippen molar-refractivity contribution < 1.29 is 19.1 Å². The molecule has 142 valence electrons. The van der Waals surface area contributed by atoms with Gasteiger partial charge in [0.1, 0.15) is 0 Å². The Hall–Kier alpha value is -2.12. The number of ether oxygens (including phenoxy) is 2. The monoisotopic (exact) mass is 361 g/mol. The molecular weight excluding hydrogens is 334 g/mol. The van der Waals surface area contributed by atoms with Gasteiger partial charge in [0.25, 0.3) is 0 Å². The first-order chi connectivity index (χ1) is 12.6. The number of aryl methyl sites for hydroxylation is 1. The molecule has 2 heterocycles. The van der Waals surface area contributed by atoms with Crippen molar-refractivity contribution in [1.82, 2.24) is 10.2 Å². The maximum absolute atomic E-state index is 12.5. The number of piperidine rings is 1. The molecule has 2 aliphatic rings. The summed E-state index contributed by atoms with van der Waals surface area (Å²) in [4.78, 5) is 26.6. The number of rotatable bonds is 4.